The van der Waals surface area contributed by atoms with E-state index in [-0.39, 0.29) is 5.91 Å². The first kappa shape index (κ1) is 12.1. The van der Waals surface area contributed by atoms with Crippen LogP contribution in [0.5, 0.6) is 0 Å². The fourth-order valence-corrected chi connectivity index (χ4v) is 1.83. The van der Waals surface area contributed by atoms with Crippen LogP contribution in [0.15, 0.2) is 35.2 Å². The van der Waals surface area contributed by atoms with Crippen LogP contribution in [0.3, 0.4) is 0 Å². The topological polar surface area (TPSA) is 97.1 Å². The molecule has 1 aromatic carbocycles. The van der Waals surface area contributed by atoms with E-state index in [9.17, 15) is 9.59 Å². The number of amides is 3. The van der Waals surface area contributed by atoms with Crippen LogP contribution in [0.1, 0.15) is 10.5 Å². The van der Waals surface area contributed by atoms with Crippen LogP contribution in [0, 0.1) is 0 Å². The molecule has 1 aromatic heterocycles. The van der Waals surface area contributed by atoms with E-state index in [1.165, 1.54) is 11.3 Å². The molecule has 0 saturated carbocycles. The summed E-state index contributed by atoms with van der Waals surface area (Å²) in [6, 6.07) is 5.97. The van der Waals surface area contributed by atoms with E-state index in [2.05, 4.69) is 15.6 Å². The predicted molar refractivity (Wildman–Crippen MR) is 69.7 cm³/mol. The number of aromatic nitrogens is 1. The molecule has 7 heteroatoms. The van der Waals surface area contributed by atoms with Gasteiger partial charge in [-0.25, -0.2) is 9.78 Å². The van der Waals surface area contributed by atoms with E-state index in [1.54, 1.807) is 35.2 Å². The molecule has 2 rings (SSSR count). The molecule has 1 heterocycles. The highest BCUT2D eigenvalue weighted by atomic mass is 32.1. The van der Waals surface area contributed by atoms with Gasteiger partial charge in [0.2, 0.25) is 0 Å². The van der Waals surface area contributed by atoms with Crippen molar-refractivity contribution in [2.75, 3.05) is 10.6 Å². The maximum Gasteiger partial charge on any atom is 0.316 e. The van der Waals surface area contributed by atoms with Crippen LogP contribution in [-0.4, -0.2) is 16.9 Å². The van der Waals surface area contributed by atoms with E-state index < -0.39 is 6.03 Å². The molecule has 2 aromatic rings. The normalized spacial score (nSPS) is 9.78. The lowest BCUT2D eigenvalue weighted by Gasteiger charge is -2.05. The molecule has 0 spiro atoms. The number of nitrogens with zero attached hydrogens (tertiary/aromatic N) is 1. The maximum absolute atomic E-state index is 11.7. The number of nitrogens with one attached hydrogen (secondary N) is 2. The van der Waals surface area contributed by atoms with Crippen LogP contribution in [0.25, 0.3) is 0 Å². The third-order valence-corrected chi connectivity index (χ3v) is 2.66. The Morgan fingerprint density at radius 1 is 1.11 bits per heavy atom. The Balaban J connectivity index is 2.02. The molecule has 0 aliphatic heterocycles. The van der Waals surface area contributed by atoms with E-state index in [0.717, 1.165) is 0 Å². The number of benzene rings is 1. The van der Waals surface area contributed by atoms with Gasteiger partial charge in [-0.2, -0.15) is 0 Å². The van der Waals surface area contributed by atoms with E-state index >= 15 is 0 Å². The van der Waals surface area contributed by atoms with E-state index in [0.29, 0.717) is 17.1 Å². The van der Waals surface area contributed by atoms with Crippen LogP contribution in [0.4, 0.5) is 16.2 Å². The molecule has 6 nitrogen and oxygen atoms in total. The minimum atomic E-state index is -0.630. The van der Waals surface area contributed by atoms with Crippen molar-refractivity contribution in [3.05, 3.63) is 40.8 Å². The third-order valence-electron chi connectivity index (χ3n) is 2.08. The Labute approximate surface area is 107 Å². The van der Waals surface area contributed by atoms with Crippen molar-refractivity contribution in [2.24, 2.45) is 5.73 Å². The number of hydrogen-bond donors (Lipinski definition) is 3. The number of nitrogens with two attached hydrogens (primary N) is 1. The van der Waals surface area contributed by atoms with Gasteiger partial charge < -0.3 is 16.4 Å². The van der Waals surface area contributed by atoms with Crippen molar-refractivity contribution in [1.29, 1.82) is 0 Å². The van der Waals surface area contributed by atoms with E-state index in [1.807, 2.05) is 0 Å². The zero-order valence-corrected chi connectivity index (χ0v) is 10.0. The fourth-order valence-electron chi connectivity index (χ4n) is 1.30. The smallest absolute Gasteiger partial charge is 0.316 e. The van der Waals surface area contributed by atoms with E-state index in [4.69, 9.17) is 5.73 Å². The van der Waals surface area contributed by atoms with Gasteiger partial charge in [-0.3, -0.25) is 4.79 Å². The second-order valence-corrected chi connectivity index (χ2v) is 4.11. The number of carbonyl (C=O) groups excluding carboxylic acids is 2. The molecule has 0 radical (unpaired) electrons. The second kappa shape index (κ2) is 5.28. The third kappa shape index (κ3) is 3.05. The molecular formula is C11H10N4O2S. The van der Waals surface area contributed by atoms with Crippen molar-refractivity contribution in [2.45, 2.75) is 0 Å². The highest BCUT2D eigenvalue weighted by Gasteiger charge is 2.07. The summed E-state index contributed by atoms with van der Waals surface area (Å²) in [5.74, 6) is -0.271. The quantitative estimate of drug-likeness (QED) is 0.787. The van der Waals surface area contributed by atoms with Gasteiger partial charge in [0, 0.05) is 16.8 Å². The molecular weight excluding hydrogens is 252 g/mol. The summed E-state index contributed by atoms with van der Waals surface area (Å²) in [6.45, 7) is 0. The Morgan fingerprint density at radius 3 is 2.22 bits per heavy atom. The lowest BCUT2D eigenvalue weighted by Crippen LogP contribution is -2.19. The summed E-state index contributed by atoms with van der Waals surface area (Å²) in [4.78, 5) is 26.2. The standard InChI is InChI=1S/C11H10N4O2S/c12-11(17)15-8-3-1-7(2-4-8)14-10(16)9-5-18-6-13-9/h1-6H,(H,14,16)(H3,12,15,17). The Bertz CT molecular complexity index is 551. The van der Waals surface area contributed by atoms with Crippen LogP contribution in [0.2, 0.25) is 0 Å². The predicted octanol–water partition coefficient (Wildman–Crippen LogP) is 1.89. The van der Waals surface area contributed by atoms with Crippen LogP contribution in [-0.2, 0) is 0 Å². The number of urea groups is 1. The van der Waals surface area contributed by atoms with Gasteiger partial charge in [-0.15, -0.1) is 11.3 Å². The Kier molecular flexibility index (Phi) is 3.54. The molecule has 0 bridgehead atoms. The molecule has 4 N–H and O–H groups in total. The molecule has 0 unspecified atom stereocenters. The lowest BCUT2D eigenvalue weighted by atomic mass is 10.2. The summed E-state index contributed by atoms with van der Waals surface area (Å²) in [6.07, 6.45) is 0. The van der Waals surface area contributed by atoms with Gasteiger partial charge in [-0.1, -0.05) is 0 Å². The fraction of sp³-hybridized carbons (Fsp3) is 0. The average molecular weight is 262 g/mol. The first-order valence-corrected chi connectivity index (χ1v) is 5.95. The molecule has 92 valence electrons. The minimum absolute atomic E-state index is 0.271. The average Bonchev–Trinajstić information content (AvgIpc) is 2.84. The van der Waals surface area contributed by atoms with Crippen molar-refractivity contribution in [1.82, 2.24) is 4.98 Å². The van der Waals surface area contributed by atoms with Gasteiger partial charge in [-0.05, 0) is 24.3 Å². The number of primary amides is 1. The summed E-state index contributed by atoms with van der Waals surface area (Å²) < 4.78 is 0. The molecule has 0 aliphatic carbocycles. The van der Waals surface area contributed by atoms with Gasteiger partial charge >= 0.3 is 6.03 Å². The number of rotatable bonds is 3. The van der Waals surface area contributed by atoms with Gasteiger partial charge in [0.25, 0.3) is 5.91 Å². The van der Waals surface area contributed by atoms with Crippen molar-refractivity contribution in [3.63, 3.8) is 0 Å². The van der Waals surface area contributed by atoms with Crippen LogP contribution >= 0.6 is 11.3 Å². The molecule has 18 heavy (non-hydrogen) atoms. The summed E-state index contributed by atoms with van der Waals surface area (Å²) in [7, 11) is 0. The molecule has 3 amide bonds. The summed E-state index contributed by atoms with van der Waals surface area (Å²) >= 11 is 1.35. The lowest BCUT2D eigenvalue weighted by molar-refractivity contribution is 0.102. The second-order valence-electron chi connectivity index (χ2n) is 3.39. The highest BCUT2D eigenvalue weighted by molar-refractivity contribution is 7.07. The maximum atomic E-state index is 11.7. The zero-order valence-electron chi connectivity index (χ0n) is 9.21. The number of thiazole rings is 1. The summed E-state index contributed by atoms with van der Waals surface area (Å²) in [5.41, 5.74) is 8.12. The van der Waals surface area contributed by atoms with Crippen molar-refractivity contribution >= 4 is 34.6 Å². The molecule has 0 atom stereocenters. The molecule has 0 saturated heterocycles. The van der Waals surface area contributed by atoms with Crippen molar-refractivity contribution < 1.29 is 9.59 Å². The minimum Gasteiger partial charge on any atom is -0.351 e. The molecule has 0 fully saturated rings. The van der Waals surface area contributed by atoms with Gasteiger partial charge in [0.15, 0.2) is 0 Å². The first-order valence-electron chi connectivity index (χ1n) is 5.01. The monoisotopic (exact) mass is 262 g/mol. The first-order chi connectivity index (χ1) is 8.65. The number of carbonyl (C=O) groups is 2. The summed E-state index contributed by atoms with van der Waals surface area (Å²) in [5, 5.41) is 6.78. The van der Waals surface area contributed by atoms with Crippen LogP contribution < -0.4 is 16.4 Å². The Hall–Kier alpha value is -2.41. The van der Waals surface area contributed by atoms with Gasteiger partial charge in [0.05, 0.1) is 5.51 Å². The van der Waals surface area contributed by atoms with Crippen molar-refractivity contribution in [3.8, 4) is 0 Å². The number of hydrogen-bond acceptors (Lipinski definition) is 4. The number of anilines is 2. The largest absolute Gasteiger partial charge is 0.351 e. The SMILES string of the molecule is NC(=O)Nc1ccc(NC(=O)c2cscn2)cc1. The highest BCUT2D eigenvalue weighted by Crippen LogP contribution is 2.14. The Morgan fingerprint density at radius 2 is 1.72 bits per heavy atom. The molecule has 0 aliphatic rings. The zero-order chi connectivity index (χ0) is 13.0. The van der Waals surface area contributed by atoms with Gasteiger partial charge in [0.1, 0.15) is 5.69 Å².